The number of rotatable bonds is 6. The largest absolute Gasteiger partial charge is 0.389 e. The minimum absolute atomic E-state index is 0.316. The number of nitrogens with one attached hydrogen (secondary N) is 1. The lowest BCUT2D eigenvalue weighted by atomic mass is 10.1. The van der Waals surface area contributed by atoms with Crippen LogP contribution in [0.2, 0.25) is 5.02 Å². The van der Waals surface area contributed by atoms with Crippen molar-refractivity contribution >= 4 is 40.2 Å². The fraction of sp³-hybridized carbons (Fsp3) is 0.231. The third-order valence-electron chi connectivity index (χ3n) is 2.68. The summed E-state index contributed by atoms with van der Waals surface area (Å²) in [7, 11) is 1.66. The van der Waals surface area contributed by atoms with E-state index in [-0.39, 0.29) is 0 Å². The van der Waals surface area contributed by atoms with Gasteiger partial charge in [0.05, 0.1) is 30.7 Å². The maximum absolute atomic E-state index is 6.00. The van der Waals surface area contributed by atoms with Gasteiger partial charge in [-0.15, -0.1) is 0 Å². The van der Waals surface area contributed by atoms with Gasteiger partial charge in [0, 0.05) is 23.9 Å². The van der Waals surface area contributed by atoms with Crippen molar-refractivity contribution in [2.24, 2.45) is 5.73 Å². The molecule has 0 saturated heterocycles. The first-order chi connectivity index (χ1) is 9.60. The van der Waals surface area contributed by atoms with Crippen LogP contribution in [0.1, 0.15) is 5.56 Å². The Balaban J connectivity index is 2.19. The molecule has 0 saturated carbocycles. The molecule has 1 aromatic carbocycles. The summed E-state index contributed by atoms with van der Waals surface area (Å²) < 4.78 is 6.80. The van der Waals surface area contributed by atoms with E-state index in [0.717, 1.165) is 16.9 Å². The molecule has 0 aliphatic rings. The average molecular weight is 311 g/mol. The lowest BCUT2D eigenvalue weighted by molar-refractivity contribution is 0.183. The Kier molecular flexibility index (Phi) is 4.94. The zero-order valence-electron chi connectivity index (χ0n) is 11.0. The Labute approximate surface area is 127 Å². The second-order valence-corrected chi connectivity index (χ2v) is 5.04. The van der Waals surface area contributed by atoms with Gasteiger partial charge in [-0.1, -0.05) is 23.8 Å². The summed E-state index contributed by atoms with van der Waals surface area (Å²) in [5, 5.41) is 8.05. The molecule has 2 rings (SSSR count). The Hall–Kier alpha value is -1.63. The van der Waals surface area contributed by atoms with Crippen LogP contribution in [-0.4, -0.2) is 28.5 Å². The second kappa shape index (κ2) is 6.69. The molecule has 0 radical (unpaired) electrons. The lowest BCUT2D eigenvalue weighted by Crippen LogP contribution is -2.11. The summed E-state index contributed by atoms with van der Waals surface area (Å²) in [6.45, 7) is 1.30. The molecule has 0 amide bonds. The summed E-state index contributed by atoms with van der Waals surface area (Å²) in [5.41, 5.74) is 8.04. The topological polar surface area (TPSA) is 65.1 Å². The quantitative estimate of drug-likeness (QED) is 0.803. The zero-order chi connectivity index (χ0) is 14.5. The van der Waals surface area contributed by atoms with Crippen molar-refractivity contribution in [3.8, 4) is 0 Å². The van der Waals surface area contributed by atoms with Gasteiger partial charge in [0.2, 0.25) is 0 Å². The number of hydrogen-bond donors (Lipinski definition) is 2. The molecule has 0 unspecified atom stereocenters. The molecule has 7 heteroatoms. The number of nitrogens with zero attached hydrogens (tertiary/aromatic N) is 2. The number of nitrogens with two attached hydrogens (primary N) is 1. The lowest BCUT2D eigenvalue weighted by Gasteiger charge is -2.10. The monoisotopic (exact) mass is 310 g/mol. The van der Waals surface area contributed by atoms with Crippen LogP contribution in [0, 0.1) is 0 Å². The average Bonchev–Trinajstić information content (AvgIpc) is 2.83. The molecule has 0 aliphatic heterocycles. The van der Waals surface area contributed by atoms with Crippen LogP contribution < -0.4 is 11.1 Å². The van der Waals surface area contributed by atoms with Crippen LogP contribution in [-0.2, 0) is 11.3 Å². The van der Waals surface area contributed by atoms with E-state index in [1.165, 1.54) is 0 Å². The number of anilines is 2. The van der Waals surface area contributed by atoms with Crippen LogP contribution >= 0.6 is 23.8 Å². The molecule has 20 heavy (non-hydrogen) atoms. The Morgan fingerprint density at radius 2 is 2.35 bits per heavy atom. The predicted molar refractivity (Wildman–Crippen MR) is 84.7 cm³/mol. The van der Waals surface area contributed by atoms with E-state index in [2.05, 4.69) is 10.4 Å². The van der Waals surface area contributed by atoms with Gasteiger partial charge in [-0.2, -0.15) is 5.10 Å². The molecule has 5 nitrogen and oxygen atoms in total. The summed E-state index contributed by atoms with van der Waals surface area (Å²) in [6.07, 6.45) is 3.60. The van der Waals surface area contributed by atoms with Crippen molar-refractivity contribution in [1.29, 1.82) is 0 Å². The van der Waals surface area contributed by atoms with Crippen LogP contribution in [0.4, 0.5) is 11.4 Å². The Morgan fingerprint density at radius 1 is 1.55 bits per heavy atom. The van der Waals surface area contributed by atoms with Gasteiger partial charge in [-0.25, -0.2) is 0 Å². The molecule has 0 fully saturated rings. The SMILES string of the molecule is COCCn1cc(Nc2cc(Cl)ccc2C(N)=S)cn1. The minimum Gasteiger partial charge on any atom is -0.389 e. The van der Waals surface area contributed by atoms with E-state index in [0.29, 0.717) is 23.2 Å². The van der Waals surface area contributed by atoms with E-state index in [1.54, 1.807) is 36.2 Å². The second-order valence-electron chi connectivity index (χ2n) is 4.16. The maximum Gasteiger partial charge on any atom is 0.106 e. The van der Waals surface area contributed by atoms with Crippen molar-refractivity contribution in [3.05, 3.63) is 41.2 Å². The van der Waals surface area contributed by atoms with Gasteiger partial charge in [-0.05, 0) is 18.2 Å². The summed E-state index contributed by atoms with van der Waals surface area (Å²) >= 11 is 11.0. The van der Waals surface area contributed by atoms with E-state index in [9.17, 15) is 0 Å². The molecule has 1 aromatic heterocycles. The van der Waals surface area contributed by atoms with Crippen molar-refractivity contribution in [3.63, 3.8) is 0 Å². The van der Waals surface area contributed by atoms with Crippen LogP contribution in [0.5, 0.6) is 0 Å². The third kappa shape index (κ3) is 3.69. The predicted octanol–water partition coefficient (Wildman–Crippen LogP) is 2.56. The first-order valence-electron chi connectivity index (χ1n) is 5.98. The van der Waals surface area contributed by atoms with Gasteiger partial charge < -0.3 is 15.8 Å². The fourth-order valence-electron chi connectivity index (χ4n) is 1.73. The van der Waals surface area contributed by atoms with Crippen molar-refractivity contribution in [1.82, 2.24) is 9.78 Å². The van der Waals surface area contributed by atoms with Gasteiger partial charge >= 0.3 is 0 Å². The van der Waals surface area contributed by atoms with Crippen molar-refractivity contribution < 1.29 is 4.74 Å². The number of aromatic nitrogens is 2. The highest BCUT2D eigenvalue weighted by atomic mass is 35.5. The minimum atomic E-state index is 0.316. The molecular weight excluding hydrogens is 296 g/mol. The smallest absolute Gasteiger partial charge is 0.106 e. The van der Waals surface area contributed by atoms with Crippen molar-refractivity contribution in [2.45, 2.75) is 6.54 Å². The van der Waals surface area contributed by atoms with E-state index < -0.39 is 0 Å². The van der Waals surface area contributed by atoms with Crippen LogP contribution in [0.3, 0.4) is 0 Å². The van der Waals surface area contributed by atoms with Gasteiger partial charge in [0.25, 0.3) is 0 Å². The summed E-state index contributed by atoms with van der Waals surface area (Å²) in [4.78, 5) is 0.316. The van der Waals surface area contributed by atoms with Crippen molar-refractivity contribution in [2.75, 3.05) is 19.0 Å². The van der Waals surface area contributed by atoms with Gasteiger partial charge in [-0.3, -0.25) is 4.68 Å². The standard InChI is InChI=1S/C13H15ClN4OS/c1-19-5-4-18-8-10(7-16-18)17-12-6-9(14)2-3-11(12)13(15)20/h2-3,6-8,17H,4-5H2,1H3,(H2,15,20). The molecule has 0 aliphatic carbocycles. The highest BCUT2D eigenvalue weighted by molar-refractivity contribution is 7.80. The zero-order valence-corrected chi connectivity index (χ0v) is 12.5. The number of halogens is 1. The molecule has 0 spiro atoms. The van der Waals surface area contributed by atoms with Crippen LogP contribution in [0.25, 0.3) is 0 Å². The Morgan fingerprint density at radius 3 is 3.05 bits per heavy atom. The first kappa shape index (κ1) is 14.8. The summed E-state index contributed by atoms with van der Waals surface area (Å²) in [5.74, 6) is 0. The highest BCUT2D eigenvalue weighted by Crippen LogP contribution is 2.24. The molecule has 0 bridgehead atoms. The first-order valence-corrected chi connectivity index (χ1v) is 6.76. The molecule has 1 heterocycles. The number of thiocarbonyl (C=S) groups is 1. The van der Waals surface area contributed by atoms with Crippen LogP contribution in [0.15, 0.2) is 30.6 Å². The van der Waals surface area contributed by atoms with E-state index >= 15 is 0 Å². The normalized spacial score (nSPS) is 10.5. The molecular formula is C13H15ClN4OS. The van der Waals surface area contributed by atoms with Gasteiger partial charge in [0.1, 0.15) is 4.99 Å². The molecule has 0 atom stereocenters. The Bertz CT molecular complexity index is 614. The number of ether oxygens (including phenoxy) is 1. The third-order valence-corrected chi connectivity index (χ3v) is 3.14. The van der Waals surface area contributed by atoms with E-state index in [1.807, 2.05) is 6.20 Å². The van der Waals surface area contributed by atoms with Gasteiger partial charge in [0.15, 0.2) is 0 Å². The number of benzene rings is 1. The summed E-state index contributed by atoms with van der Waals surface area (Å²) in [6, 6.07) is 5.33. The number of methoxy groups -OCH3 is 1. The van der Waals surface area contributed by atoms with E-state index in [4.69, 9.17) is 34.3 Å². The molecule has 3 N–H and O–H groups in total. The maximum atomic E-state index is 6.00. The number of hydrogen-bond acceptors (Lipinski definition) is 4. The molecule has 106 valence electrons. The molecule has 2 aromatic rings. The fourth-order valence-corrected chi connectivity index (χ4v) is 2.08. The highest BCUT2D eigenvalue weighted by Gasteiger charge is 2.07.